The molecule has 0 spiro atoms. The Bertz CT molecular complexity index is 579. The summed E-state index contributed by atoms with van der Waals surface area (Å²) in [6, 6.07) is 2.97. The van der Waals surface area contributed by atoms with Crippen LogP contribution in [0.1, 0.15) is 17.0 Å². The Balaban J connectivity index is 2.68. The van der Waals surface area contributed by atoms with Gasteiger partial charge >= 0.3 is 0 Å². The molecule has 18 heavy (non-hydrogen) atoms. The van der Waals surface area contributed by atoms with E-state index in [-0.39, 0.29) is 5.75 Å². The Morgan fingerprint density at radius 3 is 2.28 bits per heavy atom. The first-order valence-corrected chi connectivity index (χ1v) is 5.50. The number of aromatic nitrogens is 2. The van der Waals surface area contributed by atoms with Gasteiger partial charge in [0.1, 0.15) is 6.33 Å². The number of benzene rings is 1. The molecule has 0 atom stereocenters. The van der Waals surface area contributed by atoms with E-state index in [1.807, 2.05) is 20.8 Å². The van der Waals surface area contributed by atoms with Crippen LogP contribution in [-0.4, -0.2) is 9.97 Å². The van der Waals surface area contributed by atoms with Crippen LogP contribution in [0.4, 0.5) is 4.39 Å². The van der Waals surface area contributed by atoms with Crippen LogP contribution in [0, 0.1) is 26.6 Å². The third-order valence-corrected chi connectivity index (χ3v) is 2.90. The molecular formula is C13H14FN3O. The quantitative estimate of drug-likeness (QED) is 0.828. The average Bonchev–Trinajstić information content (AvgIpc) is 2.32. The molecule has 2 aromatic rings. The van der Waals surface area contributed by atoms with Crippen molar-refractivity contribution in [3.05, 3.63) is 41.2 Å². The average molecular weight is 247 g/mol. The van der Waals surface area contributed by atoms with Crippen LogP contribution < -0.4 is 10.7 Å². The molecule has 1 aromatic heterocycles. The van der Waals surface area contributed by atoms with E-state index < -0.39 is 5.82 Å². The van der Waals surface area contributed by atoms with Crippen molar-refractivity contribution in [3.63, 3.8) is 0 Å². The zero-order valence-corrected chi connectivity index (χ0v) is 10.5. The van der Waals surface area contributed by atoms with Gasteiger partial charge in [-0.05, 0) is 44.0 Å². The fraction of sp³-hybridized carbons (Fsp3) is 0.231. The zero-order valence-electron chi connectivity index (χ0n) is 10.5. The Morgan fingerprint density at radius 1 is 1.11 bits per heavy atom. The van der Waals surface area contributed by atoms with Gasteiger partial charge in [-0.15, -0.1) is 0 Å². The van der Waals surface area contributed by atoms with Crippen LogP contribution in [0.2, 0.25) is 0 Å². The van der Waals surface area contributed by atoms with Crippen LogP contribution in [0.15, 0.2) is 18.5 Å². The highest BCUT2D eigenvalue weighted by Crippen LogP contribution is 2.31. The Kier molecular flexibility index (Phi) is 3.25. The largest absolute Gasteiger partial charge is 0.408 e. The summed E-state index contributed by atoms with van der Waals surface area (Å²) in [4.78, 5) is 12.8. The van der Waals surface area contributed by atoms with Gasteiger partial charge in [0.25, 0.3) is 0 Å². The van der Waals surface area contributed by atoms with E-state index in [2.05, 4.69) is 14.8 Å². The SMILES string of the molecule is Cc1cc(ON)c(F)cc1-c1c(C)ncnc1C. The lowest BCUT2D eigenvalue weighted by Gasteiger charge is -2.12. The molecule has 2 rings (SSSR count). The van der Waals surface area contributed by atoms with Crippen LogP contribution in [0.3, 0.4) is 0 Å². The summed E-state index contributed by atoms with van der Waals surface area (Å²) in [5, 5.41) is 0. The molecule has 0 saturated heterocycles. The summed E-state index contributed by atoms with van der Waals surface area (Å²) >= 11 is 0. The second kappa shape index (κ2) is 4.70. The maximum Gasteiger partial charge on any atom is 0.182 e. The molecule has 1 heterocycles. The number of rotatable bonds is 2. The van der Waals surface area contributed by atoms with Gasteiger partial charge in [-0.2, -0.15) is 5.90 Å². The minimum Gasteiger partial charge on any atom is -0.408 e. The molecule has 1 aromatic carbocycles. The molecule has 0 aliphatic rings. The van der Waals surface area contributed by atoms with Crippen LogP contribution in [0.5, 0.6) is 5.75 Å². The van der Waals surface area contributed by atoms with Crippen molar-refractivity contribution in [1.82, 2.24) is 9.97 Å². The van der Waals surface area contributed by atoms with E-state index >= 15 is 0 Å². The van der Waals surface area contributed by atoms with Gasteiger partial charge in [0.05, 0.1) is 0 Å². The molecule has 0 aliphatic heterocycles. The highest BCUT2D eigenvalue weighted by Gasteiger charge is 2.14. The molecule has 0 bridgehead atoms. The molecule has 0 amide bonds. The van der Waals surface area contributed by atoms with Crippen molar-refractivity contribution < 1.29 is 9.23 Å². The molecule has 0 fully saturated rings. The number of hydrogen-bond acceptors (Lipinski definition) is 4. The summed E-state index contributed by atoms with van der Waals surface area (Å²) in [6.07, 6.45) is 1.50. The van der Waals surface area contributed by atoms with Crippen LogP contribution in [-0.2, 0) is 0 Å². The van der Waals surface area contributed by atoms with Gasteiger partial charge in [-0.25, -0.2) is 14.4 Å². The van der Waals surface area contributed by atoms with Gasteiger partial charge in [0.15, 0.2) is 11.6 Å². The lowest BCUT2D eigenvalue weighted by atomic mass is 9.97. The maximum absolute atomic E-state index is 13.7. The summed E-state index contributed by atoms with van der Waals surface area (Å²) in [5.41, 5.74) is 4.08. The minimum absolute atomic E-state index is 0.0309. The second-order valence-electron chi connectivity index (χ2n) is 4.13. The van der Waals surface area contributed by atoms with Crippen molar-refractivity contribution in [1.29, 1.82) is 0 Å². The Hall–Kier alpha value is -2.01. The van der Waals surface area contributed by atoms with Gasteiger partial charge in [0, 0.05) is 17.0 Å². The van der Waals surface area contributed by atoms with Gasteiger partial charge in [-0.1, -0.05) is 0 Å². The molecule has 94 valence electrons. The van der Waals surface area contributed by atoms with Gasteiger partial charge in [0.2, 0.25) is 0 Å². The summed E-state index contributed by atoms with van der Waals surface area (Å²) in [6.45, 7) is 5.60. The van der Waals surface area contributed by atoms with Crippen molar-refractivity contribution in [2.45, 2.75) is 20.8 Å². The van der Waals surface area contributed by atoms with E-state index in [9.17, 15) is 4.39 Å². The normalized spacial score (nSPS) is 10.5. The number of hydrogen-bond donors (Lipinski definition) is 1. The van der Waals surface area contributed by atoms with E-state index in [4.69, 9.17) is 5.90 Å². The molecule has 0 aliphatic carbocycles. The van der Waals surface area contributed by atoms with Crippen molar-refractivity contribution in [2.75, 3.05) is 0 Å². The van der Waals surface area contributed by atoms with Gasteiger partial charge < -0.3 is 4.84 Å². The predicted molar refractivity (Wildman–Crippen MR) is 66.5 cm³/mol. The monoisotopic (exact) mass is 247 g/mol. The predicted octanol–water partition coefficient (Wildman–Crippen LogP) is 2.46. The molecule has 0 saturated carbocycles. The van der Waals surface area contributed by atoms with E-state index in [1.165, 1.54) is 12.4 Å². The summed E-state index contributed by atoms with van der Waals surface area (Å²) in [7, 11) is 0. The summed E-state index contributed by atoms with van der Waals surface area (Å²) in [5.74, 6) is 4.54. The molecule has 0 radical (unpaired) electrons. The fourth-order valence-electron chi connectivity index (χ4n) is 2.00. The first-order chi connectivity index (χ1) is 8.54. The third kappa shape index (κ3) is 2.04. The first-order valence-electron chi connectivity index (χ1n) is 5.50. The van der Waals surface area contributed by atoms with E-state index in [0.717, 1.165) is 28.1 Å². The molecule has 0 unspecified atom stereocenters. The molecule has 2 N–H and O–H groups in total. The van der Waals surface area contributed by atoms with E-state index in [1.54, 1.807) is 6.07 Å². The highest BCUT2D eigenvalue weighted by atomic mass is 19.1. The Labute approximate surface area is 105 Å². The topological polar surface area (TPSA) is 61.0 Å². The lowest BCUT2D eigenvalue weighted by Crippen LogP contribution is -2.05. The van der Waals surface area contributed by atoms with Crippen molar-refractivity contribution in [2.24, 2.45) is 5.90 Å². The molecule has 4 nitrogen and oxygen atoms in total. The minimum atomic E-state index is -0.499. The van der Waals surface area contributed by atoms with Crippen molar-refractivity contribution in [3.8, 4) is 16.9 Å². The van der Waals surface area contributed by atoms with Crippen molar-refractivity contribution >= 4 is 0 Å². The van der Waals surface area contributed by atoms with Gasteiger partial charge in [-0.3, -0.25) is 0 Å². The molecular weight excluding hydrogens is 233 g/mol. The summed E-state index contributed by atoms with van der Waals surface area (Å²) < 4.78 is 13.7. The number of nitrogens with zero attached hydrogens (tertiary/aromatic N) is 2. The first kappa shape index (κ1) is 12.4. The standard InChI is InChI=1S/C13H14FN3O/c1-7-4-12(18-15)11(14)5-10(7)13-8(2)16-6-17-9(13)3/h4-6H,15H2,1-3H3. The number of nitrogens with two attached hydrogens (primary N) is 1. The van der Waals surface area contributed by atoms with E-state index in [0.29, 0.717) is 0 Å². The van der Waals surface area contributed by atoms with Crippen LogP contribution >= 0.6 is 0 Å². The highest BCUT2D eigenvalue weighted by molar-refractivity contribution is 5.72. The number of halogens is 1. The van der Waals surface area contributed by atoms with Crippen LogP contribution in [0.25, 0.3) is 11.1 Å². The number of aryl methyl sites for hydroxylation is 3. The lowest BCUT2D eigenvalue weighted by molar-refractivity contribution is 0.315. The fourth-order valence-corrected chi connectivity index (χ4v) is 2.00. The zero-order chi connectivity index (χ0) is 13.3. The molecule has 5 heteroatoms. The Morgan fingerprint density at radius 2 is 1.72 bits per heavy atom. The smallest absolute Gasteiger partial charge is 0.182 e. The maximum atomic E-state index is 13.7. The third-order valence-electron chi connectivity index (χ3n) is 2.90. The second-order valence-corrected chi connectivity index (χ2v) is 4.13.